The van der Waals surface area contributed by atoms with E-state index in [0.29, 0.717) is 19.6 Å². The quantitative estimate of drug-likeness (QED) is 0.904. The van der Waals surface area contributed by atoms with Crippen LogP contribution in [0.15, 0.2) is 54.6 Å². The van der Waals surface area contributed by atoms with Crippen molar-refractivity contribution in [1.29, 1.82) is 0 Å². The first kappa shape index (κ1) is 17.5. The molecule has 2 heterocycles. The van der Waals surface area contributed by atoms with E-state index in [9.17, 15) is 14.0 Å². The number of rotatable bonds is 3. The Morgan fingerprint density at radius 2 is 1.85 bits per heavy atom. The number of benzene rings is 2. The van der Waals surface area contributed by atoms with Crippen molar-refractivity contribution in [2.75, 3.05) is 25.0 Å². The maximum atomic E-state index is 13.1. The molecule has 2 saturated heterocycles. The second-order valence-electron chi connectivity index (χ2n) is 6.77. The molecule has 0 unspecified atom stereocenters. The average Bonchev–Trinajstić information content (AvgIpc) is 3.11. The fourth-order valence-electron chi connectivity index (χ4n) is 3.55. The maximum absolute atomic E-state index is 13.1. The van der Waals surface area contributed by atoms with Gasteiger partial charge in [-0.05, 0) is 29.8 Å². The number of hydrogen-bond donors (Lipinski definition) is 1. The first-order valence-corrected chi connectivity index (χ1v) is 8.86. The van der Waals surface area contributed by atoms with Crippen molar-refractivity contribution in [3.05, 3.63) is 66.0 Å². The van der Waals surface area contributed by atoms with Crippen LogP contribution >= 0.6 is 0 Å². The van der Waals surface area contributed by atoms with E-state index in [4.69, 9.17) is 4.74 Å². The molecule has 6 nitrogen and oxygen atoms in total. The van der Waals surface area contributed by atoms with Gasteiger partial charge in [0.1, 0.15) is 12.4 Å². The van der Waals surface area contributed by atoms with E-state index in [1.807, 2.05) is 30.3 Å². The minimum atomic E-state index is -0.311. The summed E-state index contributed by atoms with van der Waals surface area (Å²) in [5, 5.41) is 2.86. The highest BCUT2D eigenvalue weighted by molar-refractivity contribution is 5.89. The van der Waals surface area contributed by atoms with Gasteiger partial charge in [0.05, 0.1) is 18.7 Å². The van der Waals surface area contributed by atoms with Gasteiger partial charge in [0.25, 0.3) is 0 Å². The lowest BCUT2D eigenvalue weighted by Gasteiger charge is -2.36. The molecule has 2 aromatic carbocycles. The summed E-state index contributed by atoms with van der Waals surface area (Å²) in [4.78, 5) is 28.3. The number of fused-ring (bicyclic) bond motifs is 1. The molecule has 27 heavy (non-hydrogen) atoms. The Morgan fingerprint density at radius 1 is 1.11 bits per heavy atom. The number of halogens is 1. The van der Waals surface area contributed by atoms with Crippen LogP contribution in [-0.4, -0.2) is 53.6 Å². The Balaban J connectivity index is 1.45. The number of morpholine rings is 1. The summed E-state index contributed by atoms with van der Waals surface area (Å²) in [6.07, 6.45) is -0.218. The van der Waals surface area contributed by atoms with Gasteiger partial charge in [-0.25, -0.2) is 9.18 Å². The molecule has 2 atom stereocenters. The summed E-state index contributed by atoms with van der Waals surface area (Å²) in [6.45, 7) is 1.20. The number of urea groups is 1. The Hall–Kier alpha value is -2.93. The smallest absolute Gasteiger partial charge is 0.322 e. The largest absolute Gasteiger partial charge is 0.364 e. The van der Waals surface area contributed by atoms with Crippen LogP contribution in [0, 0.1) is 5.82 Å². The zero-order chi connectivity index (χ0) is 18.8. The van der Waals surface area contributed by atoms with Crippen LogP contribution in [0.1, 0.15) is 5.56 Å². The Kier molecular flexibility index (Phi) is 4.77. The van der Waals surface area contributed by atoms with Gasteiger partial charge in [0, 0.05) is 18.8 Å². The summed E-state index contributed by atoms with van der Waals surface area (Å²) >= 11 is 0. The van der Waals surface area contributed by atoms with Crippen LogP contribution in [-0.2, 0) is 16.1 Å². The topological polar surface area (TPSA) is 61.9 Å². The Bertz CT molecular complexity index is 828. The van der Waals surface area contributed by atoms with Gasteiger partial charge in [-0.1, -0.05) is 30.3 Å². The van der Waals surface area contributed by atoms with E-state index in [2.05, 4.69) is 5.32 Å². The van der Waals surface area contributed by atoms with Gasteiger partial charge in [-0.15, -0.1) is 0 Å². The molecule has 0 aliphatic carbocycles. The number of hydrogen-bond acceptors (Lipinski definition) is 3. The van der Waals surface area contributed by atoms with Gasteiger partial charge >= 0.3 is 6.03 Å². The van der Waals surface area contributed by atoms with Crippen LogP contribution < -0.4 is 5.32 Å². The van der Waals surface area contributed by atoms with Crippen LogP contribution in [0.25, 0.3) is 0 Å². The number of likely N-dealkylation sites (tertiary alicyclic amines) is 1. The molecule has 2 aliphatic heterocycles. The molecule has 140 valence electrons. The third-order valence-electron chi connectivity index (χ3n) is 4.96. The number of nitrogens with zero attached hydrogens (tertiary/aromatic N) is 2. The van der Waals surface area contributed by atoms with Crippen molar-refractivity contribution < 1.29 is 18.7 Å². The number of nitrogens with one attached hydrogen (secondary N) is 1. The summed E-state index contributed by atoms with van der Waals surface area (Å²) in [7, 11) is 0. The Morgan fingerprint density at radius 3 is 2.59 bits per heavy atom. The molecule has 4 rings (SSSR count). The number of anilines is 1. The van der Waals surface area contributed by atoms with E-state index in [1.54, 1.807) is 21.9 Å². The molecule has 0 radical (unpaired) electrons. The van der Waals surface area contributed by atoms with E-state index in [0.717, 1.165) is 11.3 Å². The molecule has 0 spiro atoms. The number of carbonyl (C=O) groups excluding carboxylic acids is 2. The standard InChI is InChI=1S/C20H20FN3O3/c21-15-8-6-14(7-9-15)10-24-17-11-23(12-18(17)27-13-19(24)25)20(26)22-16-4-2-1-3-5-16/h1-9,17-18H,10-13H2,(H,22,26)/t17-,18+/m1/s1. The number of carbonyl (C=O) groups is 2. The molecule has 0 saturated carbocycles. The van der Waals surface area contributed by atoms with Gasteiger partial charge in [0.15, 0.2) is 0 Å². The van der Waals surface area contributed by atoms with Gasteiger partial charge in [0.2, 0.25) is 5.91 Å². The molecule has 2 fully saturated rings. The fourth-order valence-corrected chi connectivity index (χ4v) is 3.55. The van der Waals surface area contributed by atoms with Crippen molar-refractivity contribution in [3.63, 3.8) is 0 Å². The molecular formula is C20H20FN3O3. The number of para-hydroxylation sites is 1. The average molecular weight is 369 g/mol. The highest BCUT2D eigenvalue weighted by Gasteiger charge is 2.44. The molecule has 0 bridgehead atoms. The summed E-state index contributed by atoms with van der Waals surface area (Å²) in [5.41, 5.74) is 1.56. The van der Waals surface area contributed by atoms with Crippen LogP contribution in [0.4, 0.5) is 14.9 Å². The van der Waals surface area contributed by atoms with E-state index < -0.39 is 0 Å². The second kappa shape index (κ2) is 7.36. The molecule has 2 aliphatic rings. The van der Waals surface area contributed by atoms with Gasteiger partial charge < -0.3 is 19.9 Å². The number of ether oxygens (including phenoxy) is 1. The van der Waals surface area contributed by atoms with Crippen molar-refractivity contribution in [3.8, 4) is 0 Å². The molecular weight excluding hydrogens is 349 g/mol. The van der Waals surface area contributed by atoms with Crippen molar-refractivity contribution >= 4 is 17.6 Å². The maximum Gasteiger partial charge on any atom is 0.322 e. The summed E-state index contributed by atoms with van der Waals surface area (Å²) < 4.78 is 18.8. The van der Waals surface area contributed by atoms with Crippen molar-refractivity contribution in [1.82, 2.24) is 9.80 Å². The van der Waals surface area contributed by atoms with Crippen molar-refractivity contribution in [2.45, 2.75) is 18.7 Å². The normalized spacial score (nSPS) is 21.9. The number of amides is 3. The molecule has 0 aromatic heterocycles. The first-order valence-electron chi connectivity index (χ1n) is 8.86. The van der Waals surface area contributed by atoms with E-state index >= 15 is 0 Å². The lowest BCUT2D eigenvalue weighted by molar-refractivity contribution is -0.153. The van der Waals surface area contributed by atoms with Crippen molar-refractivity contribution in [2.24, 2.45) is 0 Å². The zero-order valence-corrected chi connectivity index (χ0v) is 14.7. The molecule has 3 amide bonds. The van der Waals surface area contributed by atoms with Gasteiger partial charge in [-0.3, -0.25) is 4.79 Å². The van der Waals surface area contributed by atoms with Gasteiger partial charge in [-0.2, -0.15) is 0 Å². The molecule has 7 heteroatoms. The molecule has 2 aromatic rings. The predicted molar refractivity (Wildman–Crippen MR) is 97.5 cm³/mol. The highest BCUT2D eigenvalue weighted by atomic mass is 19.1. The van der Waals surface area contributed by atoms with Crippen LogP contribution in [0.2, 0.25) is 0 Å². The summed E-state index contributed by atoms with van der Waals surface area (Å²) in [5.74, 6) is -0.430. The lowest BCUT2D eigenvalue weighted by atomic mass is 10.1. The third-order valence-corrected chi connectivity index (χ3v) is 4.96. The minimum absolute atomic E-state index is 0.00347. The SMILES string of the molecule is O=C(Nc1ccccc1)N1C[C@@H]2OCC(=O)N(Cc3ccc(F)cc3)[C@@H]2C1. The lowest BCUT2D eigenvalue weighted by Crippen LogP contribution is -2.53. The van der Waals surface area contributed by atoms with Crippen LogP contribution in [0.5, 0.6) is 0 Å². The predicted octanol–water partition coefficient (Wildman–Crippen LogP) is 2.47. The third kappa shape index (κ3) is 3.78. The fraction of sp³-hybridized carbons (Fsp3) is 0.300. The molecule has 1 N–H and O–H groups in total. The monoisotopic (exact) mass is 369 g/mol. The summed E-state index contributed by atoms with van der Waals surface area (Å²) in [6, 6.07) is 14.9. The van der Waals surface area contributed by atoms with Crippen LogP contribution in [0.3, 0.4) is 0 Å². The minimum Gasteiger partial charge on any atom is -0.364 e. The second-order valence-corrected chi connectivity index (χ2v) is 6.77. The van der Waals surface area contributed by atoms with E-state index in [-0.39, 0.29) is 36.5 Å². The first-order chi connectivity index (χ1) is 13.1. The van der Waals surface area contributed by atoms with E-state index in [1.165, 1.54) is 12.1 Å². The Labute approximate surface area is 156 Å². The zero-order valence-electron chi connectivity index (χ0n) is 14.7. The highest BCUT2D eigenvalue weighted by Crippen LogP contribution is 2.26.